The van der Waals surface area contributed by atoms with Crippen LogP contribution in [0, 0.1) is 11.8 Å². The number of piperidine rings is 2. The SMILES string of the molecule is CC1CCN(CC2CCCN(C(=O)C3c4ccccc4Oc4ccccc43)C2)CC1. The van der Waals surface area contributed by atoms with Crippen molar-refractivity contribution in [1.29, 1.82) is 0 Å². The molecule has 2 saturated heterocycles. The third kappa shape index (κ3) is 3.85. The number of carbonyl (C=O) groups excluding carboxylic acids is 1. The minimum Gasteiger partial charge on any atom is -0.457 e. The van der Waals surface area contributed by atoms with Gasteiger partial charge in [-0.1, -0.05) is 43.3 Å². The van der Waals surface area contributed by atoms with Crippen LogP contribution in [0.2, 0.25) is 0 Å². The van der Waals surface area contributed by atoms with Gasteiger partial charge in [0, 0.05) is 30.8 Å². The summed E-state index contributed by atoms with van der Waals surface area (Å²) in [6.07, 6.45) is 4.96. The summed E-state index contributed by atoms with van der Waals surface area (Å²) in [5.74, 6) is 3.03. The van der Waals surface area contributed by atoms with Crippen LogP contribution in [0.3, 0.4) is 0 Å². The van der Waals surface area contributed by atoms with Crippen molar-refractivity contribution in [2.75, 3.05) is 32.7 Å². The van der Waals surface area contributed by atoms with Crippen molar-refractivity contribution < 1.29 is 9.53 Å². The Morgan fingerprint density at radius 3 is 2.23 bits per heavy atom. The lowest BCUT2D eigenvalue weighted by Crippen LogP contribution is -2.46. The molecule has 3 aliphatic rings. The first-order valence-electron chi connectivity index (χ1n) is 11.6. The number of hydrogen-bond donors (Lipinski definition) is 0. The van der Waals surface area contributed by atoms with E-state index in [1.54, 1.807) is 0 Å². The summed E-state index contributed by atoms with van der Waals surface area (Å²) in [7, 11) is 0. The minimum absolute atomic E-state index is 0.232. The number of benzene rings is 2. The molecule has 0 saturated carbocycles. The highest BCUT2D eigenvalue weighted by atomic mass is 16.5. The van der Waals surface area contributed by atoms with Gasteiger partial charge in [0.15, 0.2) is 0 Å². The van der Waals surface area contributed by atoms with Gasteiger partial charge in [0.1, 0.15) is 11.5 Å². The highest BCUT2D eigenvalue weighted by molar-refractivity contribution is 5.89. The van der Waals surface area contributed by atoms with Crippen LogP contribution in [0.1, 0.15) is 49.7 Å². The van der Waals surface area contributed by atoms with Crippen molar-refractivity contribution in [3.05, 3.63) is 59.7 Å². The Hall–Kier alpha value is -2.33. The van der Waals surface area contributed by atoms with Crippen molar-refractivity contribution in [3.63, 3.8) is 0 Å². The van der Waals surface area contributed by atoms with Crippen LogP contribution in [0.4, 0.5) is 0 Å². The molecule has 0 radical (unpaired) electrons. The molecule has 3 aliphatic heterocycles. The molecule has 1 unspecified atom stereocenters. The number of likely N-dealkylation sites (tertiary alicyclic amines) is 2. The van der Waals surface area contributed by atoms with E-state index < -0.39 is 0 Å². The second-order valence-corrected chi connectivity index (χ2v) is 9.39. The zero-order valence-electron chi connectivity index (χ0n) is 17.9. The van der Waals surface area contributed by atoms with Crippen molar-refractivity contribution in [2.45, 2.75) is 38.5 Å². The molecule has 5 rings (SSSR count). The summed E-state index contributed by atoms with van der Waals surface area (Å²) in [6, 6.07) is 16.0. The van der Waals surface area contributed by atoms with E-state index in [2.05, 4.69) is 16.7 Å². The lowest BCUT2D eigenvalue weighted by atomic mass is 9.85. The Balaban J connectivity index is 1.34. The van der Waals surface area contributed by atoms with E-state index >= 15 is 0 Å². The zero-order chi connectivity index (χ0) is 20.5. The van der Waals surface area contributed by atoms with Gasteiger partial charge in [-0.2, -0.15) is 0 Å². The molecule has 2 fully saturated rings. The van der Waals surface area contributed by atoms with Gasteiger partial charge in [0.25, 0.3) is 0 Å². The summed E-state index contributed by atoms with van der Waals surface area (Å²) >= 11 is 0. The van der Waals surface area contributed by atoms with Gasteiger partial charge in [0.05, 0.1) is 5.92 Å². The number of amides is 1. The highest BCUT2D eigenvalue weighted by Crippen LogP contribution is 2.45. The molecule has 4 heteroatoms. The van der Waals surface area contributed by atoms with E-state index in [-0.39, 0.29) is 11.8 Å². The standard InChI is InChI=1S/C26H32N2O2/c1-19-12-15-27(16-13-19)17-20-7-6-14-28(18-20)26(29)25-21-8-2-4-10-23(21)30-24-11-5-3-9-22(24)25/h2-5,8-11,19-20,25H,6-7,12-18H2,1H3. The maximum Gasteiger partial charge on any atom is 0.234 e. The summed E-state index contributed by atoms with van der Waals surface area (Å²) in [5.41, 5.74) is 1.99. The summed E-state index contributed by atoms with van der Waals surface area (Å²) < 4.78 is 6.10. The number of rotatable bonds is 3. The van der Waals surface area contributed by atoms with E-state index in [4.69, 9.17) is 4.74 Å². The van der Waals surface area contributed by atoms with Crippen LogP contribution in [0.15, 0.2) is 48.5 Å². The molecule has 30 heavy (non-hydrogen) atoms. The van der Waals surface area contributed by atoms with Crippen LogP contribution in [0.25, 0.3) is 0 Å². The zero-order valence-corrected chi connectivity index (χ0v) is 17.9. The maximum absolute atomic E-state index is 13.8. The lowest BCUT2D eigenvalue weighted by Gasteiger charge is -2.39. The van der Waals surface area contributed by atoms with Crippen molar-refractivity contribution in [3.8, 4) is 11.5 Å². The molecular weight excluding hydrogens is 372 g/mol. The van der Waals surface area contributed by atoms with Gasteiger partial charge >= 0.3 is 0 Å². The second-order valence-electron chi connectivity index (χ2n) is 9.39. The average Bonchev–Trinajstić information content (AvgIpc) is 2.79. The molecule has 2 aromatic rings. The maximum atomic E-state index is 13.8. The Morgan fingerprint density at radius 2 is 1.57 bits per heavy atom. The molecule has 0 aromatic heterocycles. The monoisotopic (exact) mass is 404 g/mol. The van der Waals surface area contributed by atoms with Gasteiger partial charge in [-0.3, -0.25) is 4.79 Å². The predicted octanol–water partition coefficient (Wildman–Crippen LogP) is 4.89. The van der Waals surface area contributed by atoms with E-state index in [9.17, 15) is 4.79 Å². The fourth-order valence-corrected chi connectivity index (χ4v) is 5.38. The second kappa shape index (κ2) is 8.43. The van der Waals surface area contributed by atoms with Crippen molar-refractivity contribution in [1.82, 2.24) is 9.80 Å². The molecule has 4 nitrogen and oxygen atoms in total. The van der Waals surface area contributed by atoms with Gasteiger partial charge in [0.2, 0.25) is 5.91 Å². The molecular formula is C26H32N2O2. The molecule has 1 atom stereocenters. The summed E-state index contributed by atoms with van der Waals surface area (Å²) in [6.45, 7) is 7.68. The van der Waals surface area contributed by atoms with Crippen LogP contribution in [-0.4, -0.2) is 48.4 Å². The van der Waals surface area contributed by atoms with Crippen LogP contribution in [-0.2, 0) is 4.79 Å². The van der Waals surface area contributed by atoms with E-state index in [0.717, 1.165) is 54.6 Å². The number of fused-ring (bicyclic) bond motifs is 2. The fraction of sp³-hybridized carbons (Fsp3) is 0.500. The van der Waals surface area contributed by atoms with E-state index in [1.165, 1.54) is 32.4 Å². The van der Waals surface area contributed by atoms with Crippen LogP contribution >= 0.6 is 0 Å². The topological polar surface area (TPSA) is 32.8 Å². The van der Waals surface area contributed by atoms with Crippen LogP contribution in [0.5, 0.6) is 11.5 Å². The number of hydrogen-bond acceptors (Lipinski definition) is 3. The smallest absolute Gasteiger partial charge is 0.234 e. The van der Waals surface area contributed by atoms with Gasteiger partial charge in [-0.05, 0) is 62.7 Å². The largest absolute Gasteiger partial charge is 0.457 e. The molecule has 3 heterocycles. The Bertz CT molecular complexity index is 858. The van der Waals surface area contributed by atoms with Crippen molar-refractivity contribution in [2.24, 2.45) is 11.8 Å². The Kier molecular flexibility index (Phi) is 5.51. The van der Waals surface area contributed by atoms with E-state index in [1.807, 2.05) is 48.5 Å². The molecule has 0 aliphatic carbocycles. The first kappa shape index (κ1) is 19.6. The number of ether oxygens (including phenoxy) is 1. The predicted molar refractivity (Wildman–Crippen MR) is 119 cm³/mol. The summed E-state index contributed by atoms with van der Waals surface area (Å²) in [5, 5.41) is 0. The van der Waals surface area contributed by atoms with Gasteiger partial charge in [-0.15, -0.1) is 0 Å². The number of nitrogens with zero attached hydrogens (tertiary/aromatic N) is 2. The third-order valence-corrected chi connectivity index (χ3v) is 7.15. The average molecular weight is 405 g/mol. The number of para-hydroxylation sites is 2. The third-order valence-electron chi connectivity index (χ3n) is 7.15. The molecule has 0 bridgehead atoms. The van der Waals surface area contributed by atoms with Gasteiger partial charge < -0.3 is 14.5 Å². The molecule has 2 aromatic carbocycles. The molecule has 1 amide bonds. The first-order valence-corrected chi connectivity index (χ1v) is 11.6. The first-order chi connectivity index (χ1) is 14.7. The number of carbonyl (C=O) groups is 1. The highest BCUT2D eigenvalue weighted by Gasteiger charge is 2.37. The molecule has 0 spiro atoms. The Labute approximate surface area is 179 Å². The normalized spacial score (nSPS) is 22.8. The van der Waals surface area contributed by atoms with Crippen LogP contribution < -0.4 is 4.74 Å². The summed E-state index contributed by atoms with van der Waals surface area (Å²) in [4.78, 5) is 18.6. The molecule has 158 valence electrons. The Morgan fingerprint density at radius 1 is 0.933 bits per heavy atom. The lowest BCUT2D eigenvalue weighted by molar-refractivity contribution is -0.134. The van der Waals surface area contributed by atoms with Crippen molar-refractivity contribution >= 4 is 5.91 Å². The van der Waals surface area contributed by atoms with E-state index in [0.29, 0.717) is 5.92 Å². The minimum atomic E-state index is -0.263. The quantitative estimate of drug-likeness (QED) is 0.730. The fourth-order valence-electron chi connectivity index (χ4n) is 5.38. The molecule has 0 N–H and O–H groups in total. The van der Waals surface area contributed by atoms with Gasteiger partial charge in [-0.25, -0.2) is 0 Å².